The highest BCUT2D eigenvalue weighted by atomic mass is 32.1. The average molecular weight is 346 g/mol. The minimum Gasteiger partial charge on any atom is -0.506 e. The maximum Gasteiger partial charge on any atom is 0.252 e. The molecule has 128 valence electrons. The third-order valence-corrected chi connectivity index (χ3v) is 4.24. The maximum absolute atomic E-state index is 12.0. The molecule has 0 saturated carbocycles. The van der Waals surface area contributed by atoms with Crippen LogP contribution in [0, 0.1) is 0 Å². The Balaban J connectivity index is 1.89. The second-order valence-corrected chi connectivity index (χ2v) is 7.33. The van der Waals surface area contributed by atoms with E-state index in [0.29, 0.717) is 11.3 Å². The van der Waals surface area contributed by atoms with Gasteiger partial charge in [0, 0.05) is 23.9 Å². The second-order valence-electron chi connectivity index (χ2n) is 6.55. The third-order valence-electron chi connectivity index (χ3n) is 3.56. The summed E-state index contributed by atoms with van der Waals surface area (Å²) in [5, 5.41) is 18.9. The lowest BCUT2D eigenvalue weighted by Crippen LogP contribution is -2.27. The van der Waals surface area contributed by atoms with Crippen LogP contribution in [0.5, 0.6) is 5.75 Å². The molecule has 0 aliphatic heterocycles. The summed E-state index contributed by atoms with van der Waals surface area (Å²) in [6, 6.07) is 6.92. The van der Waals surface area contributed by atoms with Crippen molar-refractivity contribution in [2.45, 2.75) is 32.6 Å². The summed E-state index contributed by atoms with van der Waals surface area (Å²) in [4.78, 5) is 23.8. The van der Waals surface area contributed by atoms with Gasteiger partial charge in [-0.2, -0.15) is 11.3 Å². The van der Waals surface area contributed by atoms with E-state index in [-0.39, 0.29) is 35.9 Å². The van der Waals surface area contributed by atoms with Crippen molar-refractivity contribution in [1.29, 1.82) is 0 Å². The molecule has 2 amide bonds. The molecule has 0 unspecified atom stereocenters. The van der Waals surface area contributed by atoms with Crippen LogP contribution in [0.3, 0.4) is 0 Å². The van der Waals surface area contributed by atoms with E-state index in [1.54, 1.807) is 23.6 Å². The molecule has 6 heteroatoms. The van der Waals surface area contributed by atoms with Gasteiger partial charge < -0.3 is 15.7 Å². The van der Waals surface area contributed by atoms with Crippen molar-refractivity contribution in [2.75, 3.05) is 11.9 Å². The highest BCUT2D eigenvalue weighted by Gasteiger charge is 2.16. The van der Waals surface area contributed by atoms with Crippen molar-refractivity contribution in [3.63, 3.8) is 0 Å². The molecule has 0 bridgehead atoms. The zero-order chi connectivity index (χ0) is 17.7. The SMILES string of the molecule is CC(C)(C)c1ccc(O)c(NC(=O)CCNC(=O)c2ccsc2)c1. The predicted octanol–water partition coefficient (Wildman–Crippen LogP) is 3.51. The molecule has 0 atom stereocenters. The summed E-state index contributed by atoms with van der Waals surface area (Å²) in [6.07, 6.45) is 0.134. The maximum atomic E-state index is 12.0. The number of hydrogen-bond donors (Lipinski definition) is 3. The highest BCUT2D eigenvalue weighted by Crippen LogP contribution is 2.30. The number of hydrogen-bond acceptors (Lipinski definition) is 4. The Kier molecular flexibility index (Phi) is 5.62. The normalized spacial score (nSPS) is 11.1. The summed E-state index contributed by atoms with van der Waals surface area (Å²) in [7, 11) is 0. The number of rotatable bonds is 5. The summed E-state index contributed by atoms with van der Waals surface area (Å²) in [5.74, 6) is -0.428. The standard InChI is InChI=1S/C18H22N2O3S/c1-18(2,3)13-4-5-15(21)14(10-13)20-16(22)6-8-19-17(23)12-7-9-24-11-12/h4-5,7,9-11,21H,6,8H2,1-3H3,(H,19,23)(H,20,22). The van der Waals surface area contributed by atoms with E-state index >= 15 is 0 Å². The minimum atomic E-state index is -0.262. The van der Waals surface area contributed by atoms with Crippen molar-refractivity contribution in [1.82, 2.24) is 5.32 Å². The first-order valence-electron chi connectivity index (χ1n) is 7.71. The van der Waals surface area contributed by atoms with E-state index in [2.05, 4.69) is 31.4 Å². The van der Waals surface area contributed by atoms with Gasteiger partial charge in [-0.3, -0.25) is 9.59 Å². The average Bonchev–Trinajstić information content (AvgIpc) is 3.02. The Morgan fingerprint density at radius 1 is 1.21 bits per heavy atom. The number of benzene rings is 1. The lowest BCUT2D eigenvalue weighted by Gasteiger charge is -2.20. The van der Waals surface area contributed by atoms with E-state index in [9.17, 15) is 14.7 Å². The molecular formula is C18H22N2O3S. The van der Waals surface area contributed by atoms with Crippen LogP contribution in [0.25, 0.3) is 0 Å². The van der Waals surface area contributed by atoms with Gasteiger partial charge in [-0.1, -0.05) is 26.8 Å². The summed E-state index contributed by atoms with van der Waals surface area (Å²) in [6.45, 7) is 6.42. The molecule has 1 aromatic carbocycles. The fourth-order valence-electron chi connectivity index (χ4n) is 2.10. The van der Waals surface area contributed by atoms with Gasteiger partial charge >= 0.3 is 0 Å². The van der Waals surface area contributed by atoms with E-state index < -0.39 is 0 Å². The van der Waals surface area contributed by atoms with Crippen LogP contribution in [0.1, 0.15) is 43.1 Å². The molecular weight excluding hydrogens is 324 g/mol. The number of carbonyl (C=O) groups is 2. The van der Waals surface area contributed by atoms with E-state index in [1.165, 1.54) is 11.3 Å². The zero-order valence-electron chi connectivity index (χ0n) is 14.1. The molecule has 0 saturated heterocycles. The highest BCUT2D eigenvalue weighted by molar-refractivity contribution is 7.08. The Bertz CT molecular complexity index is 718. The van der Waals surface area contributed by atoms with Crippen molar-refractivity contribution in [2.24, 2.45) is 0 Å². The molecule has 0 aliphatic rings. The zero-order valence-corrected chi connectivity index (χ0v) is 14.9. The molecule has 1 aromatic heterocycles. The van der Waals surface area contributed by atoms with Crippen molar-refractivity contribution in [3.8, 4) is 5.75 Å². The number of aromatic hydroxyl groups is 1. The van der Waals surface area contributed by atoms with Gasteiger partial charge in [0.1, 0.15) is 5.75 Å². The molecule has 2 rings (SSSR count). The predicted molar refractivity (Wildman–Crippen MR) is 96.7 cm³/mol. The van der Waals surface area contributed by atoms with Crippen LogP contribution in [-0.2, 0) is 10.2 Å². The quantitative estimate of drug-likeness (QED) is 0.725. The van der Waals surface area contributed by atoms with Crippen LogP contribution in [0.4, 0.5) is 5.69 Å². The van der Waals surface area contributed by atoms with Gasteiger partial charge in [-0.15, -0.1) is 0 Å². The first kappa shape index (κ1) is 18.0. The van der Waals surface area contributed by atoms with Gasteiger partial charge in [0.25, 0.3) is 5.91 Å². The molecule has 0 fully saturated rings. The van der Waals surface area contributed by atoms with Crippen LogP contribution in [0.2, 0.25) is 0 Å². The topological polar surface area (TPSA) is 78.4 Å². The van der Waals surface area contributed by atoms with Crippen LogP contribution < -0.4 is 10.6 Å². The van der Waals surface area contributed by atoms with Gasteiger partial charge in [-0.25, -0.2) is 0 Å². The van der Waals surface area contributed by atoms with E-state index in [0.717, 1.165) is 5.56 Å². The number of amides is 2. The van der Waals surface area contributed by atoms with Crippen molar-refractivity contribution < 1.29 is 14.7 Å². The lowest BCUT2D eigenvalue weighted by atomic mass is 9.87. The van der Waals surface area contributed by atoms with Crippen LogP contribution in [0.15, 0.2) is 35.0 Å². The largest absolute Gasteiger partial charge is 0.506 e. The molecule has 2 aromatic rings. The third kappa shape index (κ3) is 4.83. The summed E-state index contributed by atoms with van der Waals surface area (Å²) >= 11 is 1.45. The van der Waals surface area contributed by atoms with Gasteiger partial charge in [0.05, 0.1) is 5.69 Å². The molecule has 5 nitrogen and oxygen atoms in total. The Morgan fingerprint density at radius 3 is 2.58 bits per heavy atom. The van der Waals surface area contributed by atoms with Gasteiger partial charge in [0.15, 0.2) is 0 Å². The number of phenols is 1. The summed E-state index contributed by atoms with van der Waals surface area (Å²) < 4.78 is 0. The Morgan fingerprint density at radius 2 is 1.96 bits per heavy atom. The minimum absolute atomic E-state index is 0.0265. The van der Waals surface area contributed by atoms with Gasteiger partial charge in [0.2, 0.25) is 5.91 Å². The molecule has 24 heavy (non-hydrogen) atoms. The monoisotopic (exact) mass is 346 g/mol. The lowest BCUT2D eigenvalue weighted by molar-refractivity contribution is -0.116. The number of thiophene rings is 1. The fourth-order valence-corrected chi connectivity index (χ4v) is 2.74. The van der Waals surface area contributed by atoms with Gasteiger partial charge in [-0.05, 0) is 34.6 Å². The Hall–Kier alpha value is -2.34. The molecule has 3 N–H and O–H groups in total. The van der Waals surface area contributed by atoms with Crippen molar-refractivity contribution in [3.05, 3.63) is 46.2 Å². The van der Waals surface area contributed by atoms with E-state index in [1.807, 2.05) is 11.4 Å². The molecule has 0 radical (unpaired) electrons. The molecule has 0 spiro atoms. The second kappa shape index (κ2) is 7.49. The molecule has 1 heterocycles. The first-order valence-corrected chi connectivity index (χ1v) is 8.65. The number of carbonyl (C=O) groups excluding carboxylic acids is 2. The fraction of sp³-hybridized carbons (Fsp3) is 0.333. The smallest absolute Gasteiger partial charge is 0.252 e. The van der Waals surface area contributed by atoms with Crippen LogP contribution in [-0.4, -0.2) is 23.5 Å². The first-order chi connectivity index (χ1) is 11.3. The Labute approximate surface area is 145 Å². The van der Waals surface area contributed by atoms with E-state index in [4.69, 9.17) is 0 Å². The van der Waals surface area contributed by atoms with Crippen molar-refractivity contribution >= 4 is 28.8 Å². The number of anilines is 1. The summed E-state index contributed by atoms with van der Waals surface area (Å²) in [5.41, 5.74) is 1.91. The van der Waals surface area contributed by atoms with Crippen LogP contribution >= 0.6 is 11.3 Å². The number of phenolic OH excluding ortho intramolecular Hbond substituents is 1. The number of nitrogens with one attached hydrogen (secondary N) is 2. The molecule has 0 aliphatic carbocycles.